The smallest absolute Gasteiger partial charge is 0.277 e. The summed E-state index contributed by atoms with van der Waals surface area (Å²) in [5.41, 5.74) is 0. The van der Waals surface area contributed by atoms with Crippen LogP contribution in [0.25, 0.3) is 0 Å². The van der Waals surface area contributed by atoms with Gasteiger partial charge in [0.25, 0.3) is 0 Å². The van der Waals surface area contributed by atoms with E-state index in [2.05, 4.69) is 5.32 Å². The maximum Gasteiger partial charge on any atom is 0.330 e. The second-order valence-electron chi connectivity index (χ2n) is 4.03. The van der Waals surface area contributed by atoms with Gasteiger partial charge >= 0.3 is 6.03 Å². The van der Waals surface area contributed by atoms with E-state index in [9.17, 15) is 14.4 Å². The number of thioether (sulfide) groups is 2. The number of barbiturate groups is 1. The van der Waals surface area contributed by atoms with Crippen LogP contribution in [-0.4, -0.2) is 51.8 Å². The quantitative estimate of drug-likeness (QED) is 0.745. The highest BCUT2D eigenvalue weighted by Crippen LogP contribution is 2.25. The maximum atomic E-state index is 11.8. The molecular formula is C10H14N2O3S2. The van der Waals surface area contributed by atoms with Gasteiger partial charge in [-0.2, -0.15) is 23.5 Å². The summed E-state index contributed by atoms with van der Waals surface area (Å²) >= 11 is 3.62. The summed E-state index contributed by atoms with van der Waals surface area (Å²) in [6, 6.07) is -0.575. The molecule has 0 aliphatic carbocycles. The molecular weight excluding hydrogens is 260 g/mol. The molecule has 4 amide bonds. The van der Waals surface area contributed by atoms with Gasteiger partial charge in [-0.25, -0.2) is 4.79 Å². The zero-order chi connectivity index (χ0) is 12.4. The average Bonchev–Trinajstić information content (AvgIpc) is 2.33. The van der Waals surface area contributed by atoms with E-state index in [-0.39, 0.29) is 11.2 Å². The van der Waals surface area contributed by atoms with E-state index in [1.807, 2.05) is 11.8 Å². The first kappa shape index (κ1) is 12.8. The lowest BCUT2D eigenvalue weighted by atomic mass is 10.1. The molecule has 94 valence electrons. The second kappa shape index (κ2) is 5.30. The number of carbonyl (C=O) groups is 3. The third-order valence-electron chi connectivity index (χ3n) is 2.78. The Morgan fingerprint density at radius 1 is 1.35 bits per heavy atom. The summed E-state index contributed by atoms with van der Waals surface area (Å²) in [6.07, 6.45) is 0. The minimum absolute atomic E-state index is 0.281. The molecule has 2 rings (SSSR count). The first-order valence-corrected chi connectivity index (χ1v) is 7.65. The summed E-state index contributed by atoms with van der Waals surface area (Å²) in [5.74, 6) is 1.49. The Bertz CT molecular complexity index is 355. The third kappa shape index (κ3) is 2.77. The monoisotopic (exact) mass is 274 g/mol. The number of nitrogens with zero attached hydrogens (tertiary/aromatic N) is 1. The maximum absolute atomic E-state index is 11.8. The Labute approximate surface area is 108 Å². The zero-order valence-electron chi connectivity index (χ0n) is 9.47. The predicted octanol–water partition coefficient (Wildman–Crippen LogP) is 0.549. The normalized spacial score (nSPS) is 30.4. The molecule has 2 aliphatic heterocycles. The van der Waals surface area contributed by atoms with Crippen molar-refractivity contribution in [2.75, 3.05) is 23.8 Å². The van der Waals surface area contributed by atoms with Crippen LogP contribution in [0.5, 0.6) is 0 Å². The minimum atomic E-state index is -0.756. The van der Waals surface area contributed by atoms with Gasteiger partial charge in [0.2, 0.25) is 11.8 Å². The van der Waals surface area contributed by atoms with Crippen molar-refractivity contribution in [3.63, 3.8) is 0 Å². The van der Waals surface area contributed by atoms with Gasteiger partial charge in [-0.1, -0.05) is 0 Å². The molecule has 0 saturated carbocycles. The average molecular weight is 274 g/mol. The van der Waals surface area contributed by atoms with E-state index >= 15 is 0 Å². The highest BCUT2D eigenvalue weighted by molar-refractivity contribution is 8.06. The summed E-state index contributed by atoms with van der Waals surface area (Å²) in [7, 11) is 0. The number of amides is 4. The van der Waals surface area contributed by atoms with Gasteiger partial charge in [0.05, 0.1) is 0 Å². The lowest BCUT2D eigenvalue weighted by Crippen LogP contribution is -2.58. The zero-order valence-corrected chi connectivity index (χ0v) is 11.1. The first-order chi connectivity index (χ1) is 8.09. The van der Waals surface area contributed by atoms with Crippen LogP contribution < -0.4 is 5.32 Å². The number of hydrogen-bond acceptors (Lipinski definition) is 5. The molecule has 17 heavy (non-hydrogen) atoms. The standard InChI is InChI=1S/C10H14N2O3S2/c1-6-8(13)11-10(15)12(9(6)14)4-7-5-16-2-3-17-7/h6-7H,2-5H2,1H3,(H,11,13,15). The second-order valence-corrected chi connectivity index (χ2v) is 6.59. The Hall–Kier alpha value is -0.690. The Morgan fingerprint density at radius 2 is 2.12 bits per heavy atom. The van der Waals surface area contributed by atoms with Crippen molar-refractivity contribution in [3.05, 3.63) is 0 Å². The van der Waals surface area contributed by atoms with Gasteiger partial charge in [-0.3, -0.25) is 19.8 Å². The van der Waals surface area contributed by atoms with Gasteiger partial charge in [-0.15, -0.1) is 0 Å². The van der Waals surface area contributed by atoms with E-state index in [1.165, 1.54) is 11.8 Å². The Balaban J connectivity index is 2.01. The van der Waals surface area contributed by atoms with Crippen LogP contribution >= 0.6 is 23.5 Å². The van der Waals surface area contributed by atoms with E-state index in [0.29, 0.717) is 6.54 Å². The molecule has 2 atom stereocenters. The van der Waals surface area contributed by atoms with E-state index < -0.39 is 17.9 Å². The van der Waals surface area contributed by atoms with E-state index in [0.717, 1.165) is 17.3 Å². The summed E-state index contributed by atoms with van der Waals surface area (Å²) in [6.45, 7) is 1.93. The number of imide groups is 2. The van der Waals surface area contributed by atoms with Crippen molar-refractivity contribution in [3.8, 4) is 0 Å². The number of rotatable bonds is 2. The molecule has 0 aromatic rings. The fourth-order valence-electron chi connectivity index (χ4n) is 1.75. The minimum Gasteiger partial charge on any atom is -0.277 e. The van der Waals surface area contributed by atoms with Crippen LogP contribution in [0.2, 0.25) is 0 Å². The van der Waals surface area contributed by atoms with Crippen LogP contribution in [0.15, 0.2) is 0 Å². The summed E-state index contributed by atoms with van der Waals surface area (Å²) in [4.78, 5) is 35.9. The molecule has 5 nitrogen and oxygen atoms in total. The van der Waals surface area contributed by atoms with Gasteiger partial charge < -0.3 is 0 Å². The van der Waals surface area contributed by atoms with E-state index in [1.54, 1.807) is 11.8 Å². The highest BCUT2D eigenvalue weighted by atomic mass is 32.2. The van der Waals surface area contributed by atoms with Gasteiger partial charge in [0.15, 0.2) is 0 Å². The van der Waals surface area contributed by atoms with Crippen molar-refractivity contribution in [2.45, 2.75) is 12.2 Å². The molecule has 2 unspecified atom stereocenters. The third-order valence-corrected chi connectivity index (χ3v) is 5.60. The number of hydrogen-bond donors (Lipinski definition) is 1. The summed E-state index contributed by atoms with van der Waals surface area (Å²) < 4.78 is 0. The molecule has 2 saturated heterocycles. The van der Waals surface area contributed by atoms with Crippen LogP contribution in [-0.2, 0) is 9.59 Å². The van der Waals surface area contributed by atoms with Crippen LogP contribution in [0, 0.1) is 5.92 Å². The first-order valence-electron chi connectivity index (χ1n) is 5.45. The van der Waals surface area contributed by atoms with Crippen molar-refractivity contribution in [1.29, 1.82) is 0 Å². The highest BCUT2D eigenvalue weighted by Gasteiger charge is 2.38. The fraction of sp³-hybridized carbons (Fsp3) is 0.700. The molecule has 0 aromatic heterocycles. The number of urea groups is 1. The Morgan fingerprint density at radius 3 is 2.76 bits per heavy atom. The molecule has 0 aromatic carbocycles. The Kier molecular flexibility index (Phi) is 3.98. The van der Waals surface area contributed by atoms with Crippen LogP contribution in [0.4, 0.5) is 4.79 Å². The largest absolute Gasteiger partial charge is 0.330 e. The van der Waals surface area contributed by atoms with Crippen LogP contribution in [0.3, 0.4) is 0 Å². The van der Waals surface area contributed by atoms with E-state index in [4.69, 9.17) is 0 Å². The lowest BCUT2D eigenvalue weighted by molar-refractivity contribution is -0.141. The topological polar surface area (TPSA) is 66.5 Å². The molecule has 2 fully saturated rings. The van der Waals surface area contributed by atoms with Crippen molar-refractivity contribution < 1.29 is 14.4 Å². The van der Waals surface area contributed by atoms with Crippen LogP contribution in [0.1, 0.15) is 6.92 Å². The van der Waals surface area contributed by atoms with Gasteiger partial charge in [0.1, 0.15) is 5.92 Å². The van der Waals surface area contributed by atoms with Crippen molar-refractivity contribution in [2.24, 2.45) is 5.92 Å². The molecule has 0 spiro atoms. The van der Waals surface area contributed by atoms with Crippen molar-refractivity contribution >= 4 is 41.4 Å². The lowest BCUT2D eigenvalue weighted by Gasteiger charge is -2.32. The van der Waals surface area contributed by atoms with Crippen molar-refractivity contribution in [1.82, 2.24) is 10.2 Å². The number of carbonyl (C=O) groups excluding carboxylic acids is 3. The molecule has 0 radical (unpaired) electrons. The predicted molar refractivity (Wildman–Crippen MR) is 68.0 cm³/mol. The van der Waals surface area contributed by atoms with Gasteiger partial charge in [-0.05, 0) is 6.92 Å². The molecule has 0 bridgehead atoms. The number of nitrogens with one attached hydrogen (secondary N) is 1. The SMILES string of the molecule is CC1C(=O)NC(=O)N(CC2CSCCS2)C1=O. The summed E-state index contributed by atoms with van der Waals surface area (Å²) in [5, 5.41) is 2.49. The molecule has 7 heteroatoms. The van der Waals surface area contributed by atoms with Gasteiger partial charge in [0, 0.05) is 29.1 Å². The molecule has 2 heterocycles. The molecule has 1 N–H and O–H groups in total. The molecule has 2 aliphatic rings. The fourth-order valence-corrected chi connectivity index (χ4v) is 4.40.